The lowest BCUT2D eigenvalue weighted by molar-refractivity contribution is 0.729. The summed E-state index contributed by atoms with van der Waals surface area (Å²) in [5.74, 6) is 0. The van der Waals surface area contributed by atoms with Crippen molar-refractivity contribution in [3.05, 3.63) is 82.0 Å². The van der Waals surface area contributed by atoms with Crippen molar-refractivity contribution in [3.63, 3.8) is 0 Å². The molecule has 8 bridgehead atoms. The highest BCUT2D eigenvalue weighted by Gasteiger charge is 2.24. The molecule has 5 heteroatoms. The number of hydrogen-bond acceptors (Lipinski definition) is 3. The second-order valence-corrected chi connectivity index (χ2v) is 8.44. The Morgan fingerprint density at radius 3 is 2.33 bits per heavy atom. The first-order valence-corrected chi connectivity index (χ1v) is 10.0. The summed E-state index contributed by atoms with van der Waals surface area (Å²) in [6.45, 7) is 2.17. The summed E-state index contributed by atoms with van der Waals surface area (Å²) in [6, 6.07) is 4.37. The first-order chi connectivity index (χ1) is 13.1. The van der Waals surface area contributed by atoms with Crippen molar-refractivity contribution in [2.45, 2.75) is 24.2 Å². The number of nitrogens with one attached hydrogen (secondary N) is 2. The Kier molecular flexibility index (Phi) is 3.97. The van der Waals surface area contributed by atoms with Gasteiger partial charge in [-0.25, -0.2) is 9.98 Å². The van der Waals surface area contributed by atoms with Crippen molar-refractivity contribution in [3.8, 4) is 0 Å². The molecule has 0 saturated carbocycles. The number of alkyl halides is 1. The molecule has 0 spiro atoms. The lowest BCUT2D eigenvalue weighted by Crippen LogP contribution is -2.19. The predicted octanol–water partition coefficient (Wildman–Crippen LogP) is 2.78. The lowest BCUT2D eigenvalue weighted by atomic mass is 10.1. The van der Waals surface area contributed by atoms with E-state index < -0.39 is 0 Å². The van der Waals surface area contributed by atoms with Gasteiger partial charge in [-0.1, -0.05) is 15.9 Å². The zero-order valence-corrected chi connectivity index (χ0v) is 16.5. The average Bonchev–Trinajstić information content (AvgIpc) is 3.38. The number of aliphatic imine (C=N–C) groups is 2. The van der Waals surface area contributed by atoms with Gasteiger partial charge in [0.05, 0.1) is 28.9 Å². The average molecular weight is 419 g/mol. The first kappa shape index (κ1) is 16.5. The van der Waals surface area contributed by atoms with Crippen LogP contribution < -0.4 is 16.0 Å². The summed E-state index contributed by atoms with van der Waals surface area (Å²) in [6.07, 6.45) is 17.7. The van der Waals surface area contributed by atoms with Crippen molar-refractivity contribution in [2.24, 2.45) is 9.98 Å². The smallest absolute Gasteiger partial charge is 0.0658 e. The van der Waals surface area contributed by atoms with Crippen LogP contribution in [0.3, 0.4) is 0 Å². The van der Waals surface area contributed by atoms with E-state index in [9.17, 15) is 0 Å². The number of H-pyrrole nitrogens is 1. The fourth-order valence-corrected chi connectivity index (χ4v) is 4.13. The van der Waals surface area contributed by atoms with Crippen LogP contribution in [0.1, 0.15) is 13.3 Å². The van der Waals surface area contributed by atoms with E-state index in [1.807, 2.05) is 0 Å². The third kappa shape index (κ3) is 3.35. The van der Waals surface area contributed by atoms with Crippen LogP contribution in [0.4, 0.5) is 0 Å². The number of halogens is 1. The van der Waals surface area contributed by atoms with Gasteiger partial charge in [-0.2, -0.15) is 0 Å². The van der Waals surface area contributed by atoms with Crippen molar-refractivity contribution in [2.75, 3.05) is 0 Å². The van der Waals surface area contributed by atoms with Gasteiger partial charge in [0, 0.05) is 21.2 Å². The predicted molar refractivity (Wildman–Crippen MR) is 115 cm³/mol. The molecule has 0 amide bonds. The van der Waals surface area contributed by atoms with E-state index in [-0.39, 0.29) is 6.04 Å². The highest BCUT2D eigenvalue weighted by molar-refractivity contribution is 9.09. The highest BCUT2D eigenvalue weighted by atomic mass is 79.9. The highest BCUT2D eigenvalue weighted by Crippen LogP contribution is 2.30. The van der Waals surface area contributed by atoms with Gasteiger partial charge in [0.1, 0.15) is 0 Å². The van der Waals surface area contributed by atoms with Crippen LogP contribution >= 0.6 is 15.9 Å². The number of nitrogens with zero attached hydrogens (tertiary/aromatic N) is 2. The summed E-state index contributed by atoms with van der Waals surface area (Å²) >= 11 is 3.74. The molecule has 4 aliphatic heterocycles. The molecule has 1 aromatic heterocycles. The van der Waals surface area contributed by atoms with Gasteiger partial charge >= 0.3 is 0 Å². The molecule has 27 heavy (non-hydrogen) atoms. The maximum atomic E-state index is 4.74. The van der Waals surface area contributed by atoms with Crippen molar-refractivity contribution in [1.29, 1.82) is 0 Å². The fraction of sp³-hybridized carbons (Fsp3) is 0.182. The Morgan fingerprint density at radius 2 is 1.63 bits per heavy atom. The number of allylic oxidation sites excluding steroid dienone is 5. The van der Waals surface area contributed by atoms with Crippen LogP contribution in [0.2, 0.25) is 0 Å². The van der Waals surface area contributed by atoms with E-state index >= 15 is 0 Å². The quantitative estimate of drug-likeness (QED) is 0.676. The fourth-order valence-electron chi connectivity index (χ4n) is 3.70. The van der Waals surface area contributed by atoms with Gasteiger partial charge in [-0.15, -0.1) is 0 Å². The monoisotopic (exact) mass is 418 g/mol. The van der Waals surface area contributed by atoms with E-state index in [2.05, 4.69) is 93.9 Å². The molecule has 0 aromatic carbocycles. The minimum atomic E-state index is 0.236. The molecule has 0 aliphatic carbocycles. The topological polar surface area (TPSA) is 52.5 Å². The number of fused-ring (bicyclic) bond motifs is 6. The Hall–Kier alpha value is -2.66. The van der Waals surface area contributed by atoms with Crippen LogP contribution in [-0.2, 0) is 0 Å². The maximum absolute atomic E-state index is 4.74. The Balaban J connectivity index is 1.66. The van der Waals surface area contributed by atoms with Gasteiger partial charge in [-0.3, -0.25) is 0 Å². The zero-order chi connectivity index (χ0) is 18.4. The van der Waals surface area contributed by atoms with E-state index in [4.69, 9.17) is 9.98 Å². The standard InChI is InChI=1S/C22H19BrN4/c1-13(23)21-11-20-10-18-5-4-16(25-18)8-14-2-3-15(24-14)9-17-6-7-19(26-17)12-22(21)27-20/h2-10,12-13,20,24,27H,11H2,1H3. The molecule has 134 valence electrons. The van der Waals surface area contributed by atoms with Gasteiger partial charge in [0.2, 0.25) is 0 Å². The number of aromatic amines is 1. The van der Waals surface area contributed by atoms with Crippen LogP contribution in [0.15, 0.2) is 81.2 Å². The largest absolute Gasteiger partial charge is 0.378 e. The molecule has 4 aliphatic rings. The van der Waals surface area contributed by atoms with E-state index in [0.717, 1.165) is 45.6 Å². The summed E-state index contributed by atoms with van der Waals surface area (Å²) in [5, 5.41) is 5.70. The second kappa shape index (κ2) is 6.50. The van der Waals surface area contributed by atoms with Crippen LogP contribution in [0.25, 0.3) is 12.2 Å². The molecule has 4 nitrogen and oxygen atoms in total. The molecule has 1 aromatic rings. The van der Waals surface area contributed by atoms with Crippen molar-refractivity contribution < 1.29 is 0 Å². The van der Waals surface area contributed by atoms with Gasteiger partial charge in [0.25, 0.3) is 0 Å². The minimum absolute atomic E-state index is 0.236. The molecule has 5 rings (SSSR count). The number of aromatic nitrogens is 1. The lowest BCUT2D eigenvalue weighted by Gasteiger charge is -2.07. The molecule has 2 N–H and O–H groups in total. The zero-order valence-electron chi connectivity index (χ0n) is 14.9. The maximum Gasteiger partial charge on any atom is 0.0658 e. The third-order valence-corrected chi connectivity index (χ3v) is 5.53. The number of hydrogen-bond donors (Lipinski definition) is 2. The minimum Gasteiger partial charge on any atom is -0.378 e. The van der Waals surface area contributed by atoms with Crippen LogP contribution in [-0.4, -0.2) is 27.3 Å². The molecular formula is C22H19BrN4. The van der Waals surface area contributed by atoms with E-state index in [1.54, 1.807) is 0 Å². The second-order valence-electron chi connectivity index (χ2n) is 7.07. The summed E-state index contributed by atoms with van der Waals surface area (Å²) < 4.78 is 0. The van der Waals surface area contributed by atoms with E-state index in [0.29, 0.717) is 4.83 Å². The summed E-state index contributed by atoms with van der Waals surface area (Å²) in [5.41, 5.74) is 6.39. The van der Waals surface area contributed by atoms with Crippen LogP contribution in [0.5, 0.6) is 0 Å². The number of rotatable bonds is 1. The normalized spacial score (nSPS) is 23.9. The van der Waals surface area contributed by atoms with Crippen molar-refractivity contribution in [1.82, 2.24) is 10.3 Å². The summed E-state index contributed by atoms with van der Waals surface area (Å²) in [7, 11) is 0. The van der Waals surface area contributed by atoms with Crippen LogP contribution in [0, 0.1) is 0 Å². The Labute approximate surface area is 166 Å². The first-order valence-electron chi connectivity index (χ1n) is 9.12. The SMILES string of the molecule is CC(Br)C1=C2C=C3C=CC(=N3)C=c3ccc([nH]3)=CC3=NC(=CC(C1)N2)C=C3. The molecule has 2 unspecified atom stereocenters. The molecule has 0 fully saturated rings. The Bertz CT molecular complexity index is 1150. The van der Waals surface area contributed by atoms with Gasteiger partial charge in [0.15, 0.2) is 0 Å². The van der Waals surface area contributed by atoms with E-state index in [1.165, 1.54) is 5.57 Å². The van der Waals surface area contributed by atoms with Crippen molar-refractivity contribution >= 4 is 39.5 Å². The van der Waals surface area contributed by atoms with Gasteiger partial charge < -0.3 is 10.3 Å². The van der Waals surface area contributed by atoms with Gasteiger partial charge in [-0.05, 0) is 79.7 Å². The Morgan fingerprint density at radius 1 is 0.963 bits per heavy atom. The molecule has 0 saturated heterocycles. The molecular weight excluding hydrogens is 400 g/mol. The summed E-state index contributed by atoms with van der Waals surface area (Å²) in [4.78, 5) is 13.2. The third-order valence-electron chi connectivity index (χ3n) is 4.98. The molecule has 0 radical (unpaired) electrons. The molecule has 5 heterocycles. The molecule has 2 atom stereocenters.